The second-order valence-corrected chi connectivity index (χ2v) is 7.95. The molecule has 0 aliphatic carbocycles. The molecule has 24 heavy (non-hydrogen) atoms. The van der Waals surface area contributed by atoms with Crippen LogP contribution < -0.4 is 5.32 Å². The Morgan fingerprint density at radius 1 is 1.46 bits per heavy atom. The first kappa shape index (κ1) is 16.7. The van der Waals surface area contributed by atoms with Crippen LogP contribution in [0.1, 0.15) is 30.3 Å². The van der Waals surface area contributed by atoms with Crippen LogP contribution in [0.3, 0.4) is 0 Å². The van der Waals surface area contributed by atoms with Crippen molar-refractivity contribution in [1.82, 2.24) is 19.8 Å². The van der Waals surface area contributed by atoms with Gasteiger partial charge in [-0.15, -0.1) is 0 Å². The van der Waals surface area contributed by atoms with Crippen LogP contribution in [-0.2, 0) is 10.0 Å². The van der Waals surface area contributed by atoms with Gasteiger partial charge in [0.2, 0.25) is 10.0 Å². The highest BCUT2D eigenvalue weighted by Crippen LogP contribution is 2.18. The van der Waals surface area contributed by atoms with E-state index < -0.39 is 10.0 Å². The molecule has 0 atom stereocenters. The first-order valence-electron chi connectivity index (χ1n) is 7.87. The van der Waals surface area contributed by atoms with Crippen LogP contribution in [0.15, 0.2) is 28.9 Å². The number of nitrogens with zero attached hydrogens (tertiary/aromatic N) is 2. The molecule has 2 N–H and O–H groups in total. The minimum atomic E-state index is -3.15. The molecule has 130 valence electrons. The Labute approximate surface area is 140 Å². The number of sulfonamides is 1. The van der Waals surface area contributed by atoms with Crippen LogP contribution in [0.2, 0.25) is 0 Å². The minimum Gasteiger partial charge on any atom is -0.463 e. The van der Waals surface area contributed by atoms with Crippen molar-refractivity contribution in [3.05, 3.63) is 30.2 Å². The molecule has 8 nitrogen and oxygen atoms in total. The van der Waals surface area contributed by atoms with E-state index in [1.165, 1.54) is 4.31 Å². The molecule has 2 aromatic heterocycles. The van der Waals surface area contributed by atoms with Gasteiger partial charge in [-0.3, -0.25) is 9.89 Å². The fourth-order valence-corrected chi connectivity index (χ4v) is 3.85. The van der Waals surface area contributed by atoms with Crippen molar-refractivity contribution in [3.63, 3.8) is 0 Å². The van der Waals surface area contributed by atoms with Gasteiger partial charge in [0.15, 0.2) is 11.5 Å². The van der Waals surface area contributed by atoms with Crippen LogP contribution in [0, 0.1) is 0 Å². The molecule has 0 radical (unpaired) electrons. The third-order valence-corrected chi connectivity index (χ3v) is 6.03. The number of hydrogen-bond donors (Lipinski definition) is 2. The lowest BCUT2D eigenvalue weighted by Gasteiger charge is -2.31. The zero-order chi connectivity index (χ0) is 17.2. The first-order chi connectivity index (χ1) is 11.5. The predicted octanol–water partition coefficient (Wildman–Crippen LogP) is 1.21. The number of furan rings is 1. The van der Waals surface area contributed by atoms with Crippen molar-refractivity contribution in [2.45, 2.75) is 25.8 Å². The minimum absolute atomic E-state index is 0.0513. The number of H-pyrrole nitrogens is 1. The van der Waals surface area contributed by atoms with E-state index in [1.807, 2.05) is 0 Å². The molecule has 0 aromatic carbocycles. The van der Waals surface area contributed by atoms with Gasteiger partial charge < -0.3 is 9.73 Å². The van der Waals surface area contributed by atoms with E-state index in [2.05, 4.69) is 15.5 Å². The molecule has 3 rings (SSSR count). The second kappa shape index (κ2) is 6.78. The van der Waals surface area contributed by atoms with Crippen molar-refractivity contribution in [2.75, 3.05) is 18.8 Å². The molecule has 1 fully saturated rings. The summed E-state index contributed by atoms with van der Waals surface area (Å²) >= 11 is 0. The van der Waals surface area contributed by atoms with Crippen LogP contribution in [0.4, 0.5) is 0 Å². The van der Waals surface area contributed by atoms with Gasteiger partial charge in [-0.25, -0.2) is 12.7 Å². The molecule has 1 aliphatic rings. The molecule has 3 heterocycles. The summed E-state index contributed by atoms with van der Waals surface area (Å²) in [5, 5.41) is 9.68. The summed E-state index contributed by atoms with van der Waals surface area (Å²) in [5.41, 5.74) is 0.916. The standard InChI is InChI=1S/C15H20N4O4S/c1-2-24(21,22)19-7-5-11(6-8-19)16-15(20)13-10-12(17-18-13)14-4-3-9-23-14/h3-4,9-11H,2,5-8H2,1H3,(H,16,20)(H,17,18). The zero-order valence-corrected chi connectivity index (χ0v) is 14.2. The third-order valence-electron chi connectivity index (χ3n) is 4.14. The van der Waals surface area contributed by atoms with E-state index in [0.29, 0.717) is 37.4 Å². The lowest BCUT2D eigenvalue weighted by atomic mass is 10.1. The Bertz CT molecular complexity index is 789. The first-order valence-corrected chi connectivity index (χ1v) is 9.48. The van der Waals surface area contributed by atoms with Crippen molar-refractivity contribution in [3.8, 4) is 11.5 Å². The Morgan fingerprint density at radius 2 is 2.21 bits per heavy atom. The number of nitrogens with one attached hydrogen (secondary N) is 2. The van der Waals surface area contributed by atoms with Crippen LogP contribution in [-0.4, -0.2) is 53.7 Å². The summed E-state index contributed by atoms with van der Waals surface area (Å²) in [6.45, 7) is 2.50. The van der Waals surface area contributed by atoms with Crippen LogP contribution >= 0.6 is 0 Å². The highest BCUT2D eigenvalue weighted by molar-refractivity contribution is 7.89. The molecule has 0 saturated carbocycles. The third kappa shape index (κ3) is 3.51. The monoisotopic (exact) mass is 352 g/mol. The van der Waals surface area contributed by atoms with Crippen molar-refractivity contribution < 1.29 is 17.6 Å². The summed E-state index contributed by atoms with van der Waals surface area (Å²) in [5.74, 6) is 0.438. The normalized spacial score (nSPS) is 17.0. The van der Waals surface area contributed by atoms with Crippen LogP contribution in [0.25, 0.3) is 11.5 Å². The Hall–Kier alpha value is -2.13. The number of aromatic amines is 1. The number of aromatic nitrogens is 2. The largest absolute Gasteiger partial charge is 0.463 e. The number of piperidine rings is 1. The zero-order valence-electron chi connectivity index (χ0n) is 13.4. The molecule has 9 heteroatoms. The van der Waals surface area contributed by atoms with Gasteiger partial charge in [0.25, 0.3) is 5.91 Å². The van der Waals surface area contributed by atoms with Gasteiger partial charge in [0.1, 0.15) is 5.69 Å². The van der Waals surface area contributed by atoms with E-state index in [1.54, 1.807) is 31.4 Å². The maximum absolute atomic E-state index is 12.3. The summed E-state index contributed by atoms with van der Waals surface area (Å²) < 4.78 is 30.4. The van der Waals surface area contributed by atoms with Crippen molar-refractivity contribution in [1.29, 1.82) is 0 Å². The fourth-order valence-electron chi connectivity index (χ4n) is 2.72. The smallest absolute Gasteiger partial charge is 0.272 e. The van der Waals surface area contributed by atoms with Gasteiger partial charge in [-0.1, -0.05) is 0 Å². The van der Waals surface area contributed by atoms with Gasteiger partial charge in [-0.05, 0) is 31.9 Å². The summed E-state index contributed by atoms with van der Waals surface area (Å²) in [7, 11) is -3.15. The lowest BCUT2D eigenvalue weighted by molar-refractivity contribution is 0.0918. The molecule has 1 saturated heterocycles. The highest BCUT2D eigenvalue weighted by atomic mass is 32.2. The molecule has 2 aromatic rings. The van der Waals surface area contributed by atoms with Crippen molar-refractivity contribution >= 4 is 15.9 Å². The lowest BCUT2D eigenvalue weighted by Crippen LogP contribution is -2.46. The van der Waals surface area contributed by atoms with Crippen LogP contribution in [0.5, 0.6) is 0 Å². The van der Waals surface area contributed by atoms with E-state index in [0.717, 1.165) is 0 Å². The average molecular weight is 352 g/mol. The Balaban J connectivity index is 1.57. The summed E-state index contributed by atoms with van der Waals surface area (Å²) in [6, 6.07) is 5.11. The molecular formula is C15H20N4O4S. The van der Waals surface area contributed by atoms with E-state index in [-0.39, 0.29) is 23.4 Å². The van der Waals surface area contributed by atoms with E-state index in [9.17, 15) is 13.2 Å². The van der Waals surface area contributed by atoms with Gasteiger partial charge >= 0.3 is 0 Å². The molecular weight excluding hydrogens is 332 g/mol. The SMILES string of the molecule is CCS(=O)(=O)N1CCC(NC(=O)c2cc(-c3ccco3)[nH]n2)CC1. The van der Waals surface area contributed by atoms with Crippen molar-refractivity contribution in [2.24, 2.45) is 0 Å². The molecule has 0 bridgehead atoms. The fraction of sp³-hybridized carbons (Fsp3) is 0.467. The Kier molecular flexibility index (Phi) is 4.72. The topological polar surface area (TPSA) is 108 Å². The quantitative estimate of drug-likeness (QED) is 0.841. The maximum Gasteiger partial charge on any atom is 0.272 e. The second-order valence-electron chi connectivity index (χ2n) is 5.69. The number of amides is 1. The summed E-state index contributed by atoms with van der Waals surface area (Å²) in [6.07, 6.45) is 2.74. The molecule has 1 amide bonds. The molecule has 0 unspecified atom stereocenters. The Morgan fingerprint density at radius 3 is 2.83 bits per heavy atom. The molecule has 0 spiro atoms. The number of hydrogen-bond acceptors (Lipinski definition) is 5. The van der Waals surface area contributed by atoms with Gasteiger partial charge in [0.05, 0.1) is 12.0 Å². The number of carbonyl (C=O) groups is 1. The number of carbonyl (C=O) groups excluding carboxylic acids is 1. The maximum atomic E-state index is 12.3. The highest BCUT2D eigenvalue weighted by Gasteiger charge is 2.28. The predicted molar refractivity (Wildman–Crippen MR) is 87.8 cm³/mol. The van der Waals surface area contributed by atoms with E-state index >= 15 is 0 Å². The average Bonchev–Trinajstić information content (AvgIpc) is 3.26. The number of rotatable bonds is 5. The van der Waals surface area contributed by atoms with Gasteiger partial charge in [-0.2, -0.15) is 5.10 Å². The van der Waals surface area contributed by atoms with Gasteiger partial charge in [0, 0.05) is 25.2 Å². The summed E-state index contributed by atoms with van der Waals surface area (Å²) in [4.78, 5) is 12.3. The molecule has 1 aliphatic heterocycles. The van der Waals surface area contributed by atoms with E-state index in [4.69, 9.17) is 4.42 Å².